The van der Waals surface area contributed by atoms with Crippen LogP contribution in [0.2, 0.25) is 0 Å². The molecule has 1 saturated heterocycles. The van der Waals surface area contributed by atoms with Gasteiger partial charge in [-0.05, 0) is 44.7 Å². The second-order valence-corrected chi connectivity index (χ2v) is 6.72. The summed E-state index contributed by atoms with van der Waals surface area (Å²) < 4.78 is 5.41. The van der Waals surface area contributed by atoms with E-state index < -0.39 is 5.60 Å². The molecule has 2 N–H and O–H groups in total. The molecule has 0 spiro atoms. The number of hydrogen-bond donors (Lipinski definition) is 1. The summed E-state index contributed by atoms with van der Waals surface area (Å²) in [5.74, 6) is 0. The van der Waals surface area contributed by atoms with Crippen LogP contribution in [-0.2, 0) is 11.3 Å². The van der Waals surface area contributed by atoms with E-state index in [2.05, 4.69) is 30.3 Å². The van der Waals surface area contributed by atoms with Gasteiger partial charge in [-0.25, -0.2) is 4.79 Å². The predicted molar refractivity (Wildman–Crippen MR) is 89.4 cm³/mol. The first-order chi connectivity index (χ1) is 10.4. The normalized spacial score (nSPS) is 15.6. The first-order valence-corrected chi connectivity index (χ1v) is 7.84. The van der Waals surface area contributed by atoms with Crippen molar-refractivity contribution >= 4 is 12.2 Å². The second kappa shape index (κ2) is 6.97. The van der Waals surface area contributed by atoms with Gasteiger partial charge in [0.05, 0.1) is 0 Å². The van der Waals surface area contributed by atoms with Crippen LogP contribution in [0.15, 0.2) is 29.8 Å². The van der Waals surface area contributed by atoms with E-state index in [0.29, 0.717) is 6.54 Å². The Morgan fingerprint density at radius 3 is 2.32 bits per heavy atom. The molecule has 0 unspecified atom stereocenters. The average Bonchev–Trinajstić information content (AvgIpc) is 2.47. The lowest BCUT2D eigenvalue weighted by atomic mass is 10.0. The number of piperidine rings is 1. The number of nitrogens with two attached hydrogens (primary N) is 1. The summed E-state index contributed by atoms with van der Waals surface area (Å²) in [4.78, 5) is 13.8. The molecular formula is C18H26N2O2. The Labute approximate surface area is 132 Å². The molecule has 2 rings (SSSR count). The van der Waals surface area contributed by atoms with Gasteiger partial charge in [-0.1, -0.05) is 35.9 Å². The Morgan fingerprint density at radius 1 is 1.23 bits per heavy atom. The van der Waals surface area contributed by atoms with Crippen molar-refractivity contribution in [3.05, 3.63) is 41.0 Å². The number of ether oxygens (including phenoxy) is 1. The van der Waals surface area contributed by atoms with Crippen LogP contribution in [0.1, 0.15) is 44.7 Å². The van der Waals surface area contributed by atoms with E-state index >= 15 is 0 Å². The minimum Gasteiger partial charge on any atom is -0.444 e. The third kappa shape index (κ3) is 4.88. The lowest BCUT2D eigenvalue weighted by Crippen LogP contribution is -2.40. The molecule has 1 aromatic rings. The molecule has 22 heavy (non-hydrogen) atoms. The summed E-state index contributed by atoms with van der Waals surface area (Å²) >= 11 is 0. The molecule has 1 aliphatic heterocycles. The van der Waals surface area contributed by atoms with Gasteiger partial charge < -0.3 is 15.4 Å². The summed E-state index contributed by atoms with van der Waals surface area (Å²) in [6.45, 7) is 7.70. The van der Waals surface area contributed by atoms with E-state index in [1.165, 1.54) is 11.1 Å². The van der Waals surface area contributed by atoms with Gasteiger partial charge in [0.1, 0.15) is 5.60 Å². The molecule has 120 valence electrons. The topological polar surface area (TPSA) is 55.6 Å². The van der Waals surface area contributed by atoms with Crippen molar-refractivity contribution in [2.45, 2.75) is 45.8 Å². The van der Waals surface area contributed by atoms with Crippen molar-refractivity contribution in [3.8, 4) is 0 Å². The van der Waals surface area contributed by atoms with E-state index in [1.807, 2.05) is 20.8 Å². The molecule has 0 bridgehead atoms. The van der Waals surface area contributed by atoms with Crippen LogP contribution in [0, 0.1) is 0 Å². The Bertz CT molecular complexity index is 531. The number of likely N-dealkylation sites (tertiary alicyclic amines) is 1. The van der Waals surface area contributed by atoms with Crippen molar-refractivity contribution in [2.75, 3.05) is 13.1 Å². The Balaban J connectivity index is 1.91. The number of hydrogen-bond acceptors (Lipinski definition) is 3. The number of carbonyl (C=O) groups excluding carboxylic acids is 1. The molecule has 0 radical (unpaired) electrons. The third-order valence-corrected chi connectivity index (χ3v) is 3.64. The maximum atomic E-state index is 12.0. The molecule has 0 saturated carbocycles. The maximum absolute atomic E-state index is 12.0. The SMILES string of the molecule is CC(C)(C)OC(=O)N1CCC(=Cc2ccc(CN)cc2)CC1. The molecule has 1 fully saturated rings. The second-order valence-electron chi connectivity index (χ2n) is 6.72. The largest absolute Gasteiger partial charge is 0.444 e. The summed E-state index contributed by atoms with van der Waals surface area (Å²) in [7, 11) is 0. The highest BCUT2D eigenvalue weighted by Crippen LogP contribution is 2.21. The number of amides is 1. The molecule has 0 aromatic heterocycles. The Kier molecular flexibility index (Phi) is 5.24. The van der Waals surface area contributed by atoms with Crippen LogP contribution >= 0.6 is 0 Å². The summed E-state index contributed by atoms with van der Waals surface area (Å²) in [5.41, 5.74) is 8.88. The van der Waals surface area contributed by atoms with E-state index in [0.717, 1.165) is 31.5 Å². The first kappa shape index (κ1) is 16.6. The number of rotatable bonds is 2. The average molecular weight is 302 g/mol. The van der Waals surface area contributed by atoms with Crippen molar-refractivity contribution in [2.24, 2.45) is 5.73 Å². The van der Waals surface area contributed by atoms with Gasteiger partial charge in [0, 0.05) is 19.6 Å². The molecule has 0 aliphatic carbocycles. The smallest absolute Gasteiger partial charge is 0.410 e. The van der Waals surface area contributed by atoms with Crippen LogP contribution in [0.4, 0.5) is 4.79 Å². The van der Waals surface area contributed by atoms with Gasteiger partial charge >= 0.3 is 6.09 Å². The zero-order valence-electron chi connectivity index (χ0n) is 13.8. The summed E-state index contributed by atoms with van der Waals surface area (Å²) in [5, 5.41) is 0. The van der Waals surface area contributed by atoms with Crippen molar-refractivity contribution in [1.29, 1.82) is 0 Å². The van der Waals surface area contributed by atoms with E-state index in [4.69, 9.17) is 10.5 Å². The fourth-order valence-electron chi connectivity index (χ4n) is 2.43. The van der Waals surface area contributed by atoms with Gasteiger partial charge in [0.15, 0.2) is 0 Å². The fourth-order valence-corrected chi connectivity index (χ4v) is 2.43. The van der Waals surface area contributed by atoms with Crippen molar-refractivity contribution in [3.63, 3.8) is 0 Å². The standard InChI is InChI=1S/C18H26N2O2/c1-18(2,3)22-17(21)20-10-8-15(9-11-20)12-14-4-6-16(13-19)7-5-14/h4-7,12H,8-11,13,19H2,1-3H3. The fraction of sp³-hybridized carbons (Fsp3) is 0.500. The molecule has 0 atom stereocenters. The van der Waals surface area contributed by atoms with Crippen LogP contribution in [0.5, 0.6) is 0 Å². The van der Waals surface area contributed by atoms with Crippen molar-refractivity contribution < 1.29 is 9.53 Å². The Morgan fingerprint density at radius 2 is 1.82 bits per heavy atom. The summed E-state index contributed by atoms with van der Waals surface area (Å²) in [6, 6.07) is 8.30. The minimum atomic E-state index is -0.433. The quantitative estimate of drug-likeness (QED) is 0.908. The summed E-state index contributed by atoms with van der Waals surface area (Å²) in [6.07, 6.45) is 3.81. The number of nitrogens with zero attached hydrogens (tertiary/aromatic N) is 1. The highest BCUT2D eigenvalue weighted by Gasteiger charge is 2.24. The van der Waals surface area contributed by atoms with Crippen LogP contribution in [-0.4, -0.2) is 29.7 Å². The van der Waals surface area contributed by atoms with Gasteiger partial charge in [0.2, 0.25) is 0 Å². The van der Waals surface area contributed by atoms with Gasteiger partial charge in [-0.3, -0.25) is 0 Å². The lowest BCUT2D eigenvalue weighted by Gasteiger charge is -2.31. The molecule has 4 heteroatoms. The van der Waals surface area contributed by atoms with Gasteiger partial charge in [-0.15, -0.1) is 0 Å². The maximum Gasteiger partial charge on any atom is 0.410 e. The van der Waals surface area contributed by atoms with Gasteiger partial charge in [0.25, 0.3) is 0 Å². The minimum absolute atomic E-state index is 0.209. The number of benzene rings is 1. The predicted octanol–water partition coefficient (Wildman–Crippen LogP) is 3.56. The van der Waals surface area contributed by atoms with Gasteiger partial charge in [-0.2, -0.15) is 0 Å². The monoisotopic (exact) mass is 302 g/mol. The van der Waals surface area contributed by atoms with Crippen LogP contribution in [0.25, 0.3) is 6.08 Å². The van der Waals surface area contributed by atoms with E-state index in [1.54, 1.807) is 4.90 Å². The molecule has 4 nitrogen and oxygen atoms in total. The molecule has 1 aromatic carbocycles. The van der Waals surface area contributed by atoms with Crippen LogP contribution < -0.4 is 5.73 Å². The third-order valence-electron chi connectivity index (χ3n) is 3.64. The Hall–Kier alpha value is -1.81. The van der Waals surface area contributed by atoms with E-state index in [-0.39, 0.29) is 6.09 Å². The zero-order chi connectivity index (χ0) is 16.2. The molecule has 1 amide bonds. The molecule has 1 aliphatic rings. The lowest BCUT2D eigenvalue weighted by molar-refractivity contribution is 0.0237. The van der Waals surface area contributed by atoms with E-state index in [9.17, 15) is 4.79 Å². The van der Waals surface area contributed by atoms with Crippen LogP contribution in [0.3, 0.4) is 0 Å². The highest BCUT2D eigenvalue weighted by atomic mass is 16.6. The molecular weight excluding hydrogens is 276 g/mol. The molecule has 1 heterocycles. The number of carbonyl (C=O) groups is 1. The first-order valence-electron chi connectivity index (χ1n) is 7.84. The van der Waals surface area contributed by atoms with Crippen molar-refractivity contribution in [1.82, 2.24) is 4.90 Å². The zero-order valence-corrected chi connectivity index (χ0v) is 13.8. The highest BCUT2D eigenvalue weighted by molar-refractivity contribution is 5.68.